The fourth-order valence-corrected chi connectivity index (χ4v) is 2.64. The van der Waals surface area contributed by atoms with Crippen LogP contribution >= 0.6 is 0 Å². The molecule has 2 N–H and O–H groups in total. The van der Waals surface area contributed by atoms with Crippen LogP contribution in [0, 0.1) is 0 Å². The monoisotopic (exact) mass is 288 g/mol. The molecule has 0 heterocycles. The predicted octanol–water partition coefficient (Wildman–Crippen LogP) is 3.20. The van der Waals surface area contributed by atoms with Crippen LogP contribution < -0.4 is 10.6 Å². The molecule has 1 aromatic carbocycles. The summed E-state index contributed by atoms with van der Waals surface area (Å²) in [7, 11) is 0. The minimum atomic E-state index is -0.585. The Hall–Kier alpha value is -1.84. The van der Waals surface area contributed by atoms with E-state index in [1.165, 1.54) is 12.0 Å². The molecular weight excluding hydrogens is 264 g/mol. The highest BCUT2D eigenvalue weighted by Crippen LogP contribution is 2.18. The highest BCUT2D eigenvalue weighted by Gasteiger charge is 2.20. The van der Waals surface area contributed by atoms with E-state index >= 15 is 0 Å². The summed E-state index contributed by atoms with van der Waals surface area (Å²) in [6.45, 7) is 4.23. The molecule has 2 rings (SSSR count). The summed E-state index contributed by atoms with van der Waals surface area (Å²) in [5, 5.41) is 5.46. The molecule has 0 atom stereocenters. The van der Waals surface area contributed by atoms with Crippen LogP contribution in [-0.4, -0.2) is 17.9 Å². The zero-order valence-electron chi connectivity index (χ0n) is 12.8. The molecule has 4 nitrogen and oxygen atoms in total. The second kappa shape index (κ2) is 7.25. The van der Waals surface area contributed by atoms with Gasteiger partial charge < -0.3 is 10.6 Å². The van der Waals surface area contributed by atoms with Gasteiger partial charge in [0.25, 0.3) is 0 Å². The number of benzene rings is 1. The first kappa shape index (κ1) is 15.5. The third kappa shape index (κ3) is 4.59. The van der Waals surface area contributed by atoms with Crippen LogP contribution in [0.1, 0.15) is 57.4 Å². The maximum atomic E-state index is 11.9. The number of hydrogen-bond acceptors (Lipinski definition) is 2. The number of carbonyl (C=O) groups is 2. The summed E-state index contributed by atoms with van der Waals surface area (Å²) in [4.78, 5) is 23.7. The molecule has 4 heteroatoms. The van der Waals surface area contributed by atoms with Crippen molar-refractivity contribution >= 4 is 17.5 Å². The summed E-state index contributed by atoms with van der Waals surface area (Å²) >= 11 is 0. The maximum absolute atomic E-state index is 11.9. The number of rotatable bonds is 3. The Morgan fingerprint density at radius 1 is 1.00 bits per heavy atom. The first-order valence-corrected chi connectivity index (χ1v) is 7.78. The molecule has 0 spiro atoms. The highest BCUT2D eigenvalue weighted by atomic mass is 16.2. The highest BCUT2D eigenvalue weighted by molar-refractivity contribution is 6.39. The number of nitrogens with one attached hydrogen (secondary N) is 2. The molecule has 1 aliphatic rings. The van der Waals surface area contributed by atoms with Crippen molar-refractivity contribution in [2.75, 3.05) is 5.32 Å². The Bertz CT molecular complexity index is 488. The van der Waals surface area contributed by atoms with E-state index in [9.17, 15) is 9.59 Å². The van der Waals surface area contributed by atoms with Gasteiger partial charge in [-0.25, -0.2) is 0 Å². The standard InChI is InChI=1S/C17H24N2O2/c1-12(2)13-8-10-15(11-9-13)19-17(21)16(20)18-14-6-4-3-5-7-14/h8-12,14H,3-7H2,1-2H3,(H,18,20)(H,19,21). The molecular formula is C17H24N2O2. The molecule has 0 saturated heterocycles. The lowest BCUT2D eigenvalue weighted by Crippen LogP contribution is -2.42. The molecule has 1 fully saturated rings. The van der Waals surface area contributed by atoms with Crippen LogP contribution in [0.15, 0.2) is 24.3 Å². The van der Waals surface area contributed by atoms with Crippen LogP contribution in [0.25, 0.3) is 0 Å². The van der Waals surface area contributed by atoms with Gasteiger partial charge >= 0.3 is 11.8 Å². The lowest BCUT2D eigenvalue weighted by molar-refractivity contribution is -0.136. The summed E-state index contributed by atoms with van der Waals surface area (Å²) < 4.78 is 0. The molecule has 114 valence electrons. The molecule has 0 bridgehead atoms. The average molecular weight is 288 g/mol. The van der Waals surface area contributed by atoms with E-state index in [-0.39, 0.29) is 6.04 Å². The van der Waals surface area contributed by atoms with Crippen molar-refractivity contribution in [3.05, 3.63) is 29.8 Å². The molecule has 0 aliphatic heterocycles. The van der Waals surface area contributed by atoms with E-state index in [0.717, 1.165) is 25.7 Å². The zero-order valence-corrected chi connectivity index (χ0v) is 12.8. The van der Waals surface area contributed by atoms with Crippen LogP contribution in [0.5, 0.6) is 0 Å². The molecule has 0 unspecified atom stereocenters. The molecule has 1 aliphatic carbocycles. The number of anilines is 1. The van der Waals surface area contributed by atoms with E-state index in [1.54, 1.807) is 0 Å². The Kier molecular flexibility index (Phi) is 5.37. The maximum Gasteiger partial charge on any atom is 0.313 e. The summed E-state index contributed by atoms with van der Waals surface area (Å²) in [6, 6.07) is 7.77. The Labute approximate surface area is 126 Å². The predicted molar refractivity (Wildman–Crippen MR) is 84.2 cm³/mol. The quantitative estimate of drug-likeness (QED) is 0.839. The van der Waals surface area contributed by atoms with Gasteiger partial charge in [0, 0.05) is 11.7 Å². The molecule has 0 radical (unpaired) electrons. The molecule has 2 amide bonds. The lowest BCUT2D eigenvalue weighted by atomic mass is 9.95. The van der Waals surface area contributed by atoms with E-state index in [0.29, 0.717) is 11.6 Å². The zero-order chi connectivity index (χ0) is 15.2. The topological polar surface area (TPSA) is 58.2 Å². The van der Waals surface area contributed by atoms with E-state index in [4.69, 9.17) is 0 Å². The van der Waals surface area contributed by atoms with Gasteiger partial charge in [-0.3, -0.25) is 9.59 Å². The van der Waals surface area contributed by atoms with Gasteiger partial charge in [0.2, 0.25) is 0 Å². The SMILES string of the molecule is CC(C)c1ccc(NC(=O)C(=O)NC2CCCCC2)cc1. The molecule has 1 saturated carbocycles. The van der Waals surface area contributed by atoms with Gasteiger partial charge in [-0.2, -0.15) is 0 Å². The Morgan fingerprint density at radius 2 is 1.62 bits per heavy atom. The second-order valence-corrected chi connectivity index (χ2v) is 6.04. The lowest BCUT2D eigenvalue weighted by Gasteiger charge is -2.22. The minimum absolute atomic E-state index is 0.153. The van der Waals surface area contributed by atoms with E-state index < -0.39 is 11.8 Å². The molecule has 0 aromatic heterocycles. The van der Waals surface area contributed by atoms with Gasteiger partial charge in [0.15, 0.2) is 0 Å². The van der Waals surface area contributed by atoms with Crippen molar-refractivity contribution in [3.8, 4) is 0 Å². The Balaban J connectivity index is 1.86. The summed E-state index contributed by atoms with van der Waals surface area (Å²) in [5.74, 6) is -0.669. The van der Waals surface area contributed by atoms with Gasteiger partial charge in [-0.1, -0.05) is 45.2 Å². The van der Waals surface area contributed by atoms with Crippen molar-refractivity contribution in [1.82, 2.24) is 5.32 Å². The Morgan fingerprint density at radius 3 is 2.19 bits per heavy atom. The number of carbonyl (C=O) groups excluding carboxylic acids is 2. The largest absolute Gasteiger partial charge is 0.345 e. The fourth-order valence-electron chi connectivity index (χ4n) is 2.64. The summed E-state index contributed by atoms with van der Waals surface area (Å²) in [5.41, 5.74) is 1.86. The van der Waals surface area contributed by atoms with Crippen LogP contribution in [0.4, 0.5) is 5.69 Å². The van der Waals surface area contributed by atoms with Crippen LogP contribution in [0.2, 0.25) is 0 Å². The first-order valence-electron chi connectivity index (χ1n) is 7.78. The second-order valence-electron chi connectivity index (χ2n) is 6.04. The number of hydrogen-bond donors (Lipinski definition) is 2. The van der Waals surface area contributed by atoms with Crippen molar-refractivity contribution < 1.29 is 9.59 Å². The van der Waals surface area contributed by atoms with Crippen LogP contribution in [0.3, 0.4) is 0 Å². The van der Waals surface area contributed by atoms with Crippen molar-refractivity contribution in [3.63, 3.8) is 0 Å². The van der Waals surface area contributed by atoms with E-state index in [1.807, 2.05) is 24.3 Å². The summed E-state index contributed by atoms with van der Waals surface area (Å²) in [6.07, 6.45) is 5.43. The van der Waals surface area contributed by atoms with Crippen LogP contribution in [-0.2, 0) is 9.59 Å². The van der Waals surface area contributed by atoms with Gasteiger partial charge in [-0.05, 0) is 36.5 Å². The number of amides is 2. The van der Waals surface area contributed by atoms with Gasteiger partial charge in [0.05, 0.1) is 0 Å². The molecule has 1 aromatic rings. The molecule has 21 heavy (non-hydrogen) atoms. The minimum Gasteiger partial charge on any atom is -0.345 e. The third-order valence-electron chi connectivity index (χ3n) is 3.98. The normalized spacial score (nSPS) is 15.8. The fraction of sp³-hybridized carbons (Fsp3) is 0.529. The first-order chi connectivity index (χ1) is 10.1. The third-order valence-corrected chi connectivity index (χ3v) is 3.98. The van der Waals surface area contributed by atoms with Crippen molar-refractivity contribution in [2.24, 2.45) is 0 Å². The average Bonchev–Trinajstić information content (AvgIpc) is 2.48. The van der Waals surface area contributed by atoms with Gasteiger partial charge in [0.1, 0.15) is 0 Å². The van der Waals surface area contributed by atoms with Crippen molar-refractivity contribution in [2.45, 2.75) is 57.9 Å². The van der Waals surface area contributed by atoms with E-state index in [2.05, 4.69) is 24.5 Å². The smallest absolute Gasteiger partial charge is 0.313 e. The van der Waals surface area contributed by atoms with Crippen molar-refractivity contribution in [1.29, 1.82) is 0 Å². The van der Waals surface area contributed by atoms with Gasteiger partial charge in [-0.15, -0.1) is 0 Å².